The van der Waals surface area contributed by atoms with Gasteiger partial charge in [-0.2, -0.15) is 0 Å². The maximum atomic E-state index is 13.1. The van der Waals surface area contributed by atoms with Gasteiger partial charge in [0.2, 0.25) is 0 Å². The van der Waals surface area contributed by atoms with Crippen molar-refractivity contribution in [1.29, 1.82) is 0 Å². The summed E-state index contributed by atoms with van der Waals surface area (Å²) in [5.74, 6) is -1.19. The van der Waals surface area contributed by atoms with Gasteiger partial charge in [-0.25, -0.2) is 9.37 Å². The first-order valence-electron chi connectivity index (χ1n) is 5.73. The number of nitrogens with zero attached hydrogens (tertiary/aromatic N) is 1. The van der Waals surface area contributed by atoms with E-state index in [9.17, 15) is 9.18 Å². The van der Waals surface area contributed by atoms with Gasteiger partial charge in [0, 0.05) is 5.38 Å². The van der Waals surface area contributed by atoms with E-state index in [4.69, 9.17) is 5.11 Å². The molecule has 4 nitrogen and oxygen atoms in total. The van der Waals surface area contributed by atoms with E-state index < -0.39 is 5.97 Å². The number of halogens is 1. The Morgan fingerprint density at radius 3 is 3.05 bits per heavy atom. The number of carboxylic acids is 1. The fourth-order valence-corrected chi connectivity index (χ4v) is 2.45. The third-order valence-corrected chi connectivity index (χ3v) is 3.40. The number of nitrogens with one attached hydrogen (secondary N) is 1. The summed E-state index contributed by atoms with van der Waals surface area (Å²) in [6.45, 7) is 1.90. The van der Waals surface area contributed by atoms with Crippen LogP contribution in [0.25, 0.3) is 0 Å². The minimum atomic E-state index is -0.907. The third kappa shape index (κ3) is 3.75. The van der Waals surface area contributed by atoms with E-state index in [1.807, 2.05) is 13.0 Å². The second kappa shape index (κ2) is 5.79. The number of carbonyl (C=O) groups is 1. The number of aromatic nitrogens is 1. The second-order valence-electron chi connectivity index (χ2n) is 4.14. The molecule has 0 radical (unpaired) electrons. The molecular weight excluding hydrogens is 267 g/mol. The summed E-state index contributed by atoms with van der Waals surface area (Å²) in [7, 11) is 0. The first-order chi connectivity index (χ1) is 9.04. The molecule has 1 heterocycles. The van der Waals surface area contributed by atoms with Crippen molar-refractivity contribution in [3.8, 4) is 0 Å². The molecule has 2 rings (SSSR count). The van der Waals surface area contributed by atoms with Crippen LogP contribution in [0, 0.1) is 5.82 Å². The number of benzene rings is 1. The van der Waals surface area contributed by atoms with Crippen molar-refractivity contribution in [2.45, 2.75) is 19.4 Å². The lowest BCUT2D eigenvalue weighted by Gasteiger charge is -2.13. The van der Waals surface area contributed by atoms with E-state index >= 15 is 0 Å². The first-order valence-corrected chi connectivity index (χ1v) is 6.61. The Labute approximate surface area is 113 Å². The van der Waals surface area contributed by atoms with Crippen molar-refractivity contribution in [3.63, 3.8) is 0 Å². The number of anilines is 1. The van der Waals surface area contributed by atoms with Crippen LogP contribution in [0.5, 0.6) is 0 Å². The average molecular weight is 280 g/mol. The maximum Gasteiger partial charge on any atom is 0.309 e. The highest BCUT2D eigenvalue weighted by Gasteiger charge is 2.10. The summed E-state index contributed by atoms with van der Waals surface area (Å²) in [5, 5.41) is 14.1. The lowest BCUT2D eigenvalue weighted by Crippen LogP contribution is -2.07. The normalized spacial score (nSPS) is 12.1. The molecule has 100 valence electrons. The zero-order chi connectivity index (χ0) is 13.8. The number of hydrogen-bond donors (Lipinski definition) is 2. The molecule has 2 N–H and O–H groups in total. The van der Waals surface area contributed by atoms with E-state index in [2.05, 4.69) is 10.3 Å². The number of thiazole rings is 1. The highest BCUT2D eigenvalue weighted by molar-refractivity contribution is 7.13. The molecule has 0 aliphatic heterocycles. The first kappa shape index (κ1) is 13.5. The molecule has 1 aromatic heterocycles. The van der Waals surface area contributed by atoms with E-state index in [0.717, 1.165) is 5.56 Å². The Bertz CT molecular complexity index is 586. The Morgan fingerprint density at radius 2 is 2.37 bits per heavy atom. The predicted octanol–water partition coefficient (Wildman–Crippen LogP) is 3.08. The molecule has 6 heteroatoms. The molecule has 2 aromatic rings. The molecule has 19 heavy (non-hydrogen) atoms. The van der Waals surface area contributed by atoms with Gasteiger partial charge in [-0.15, -0.1) is 11.3 Å². The fraction of sp³-hybridized carbons (Fsp3) is 0.231. The molecule has 0 fully saturated rings. The van der Waals surface area contributed by atoms with Crippen LogP contribution in [0.2, 0.25) is 0 Å². The largest absolute Gasteiger partial charge is 0.481 e. The van der Waals surface area contributed by atoms with Crippen LogP contribution in [0.15, 0.2) is 29.6 Å². The zero-order valence-corrected chi connectivity index (χ0v) is 11.1. The van der Waals surface area contributed by atoms with Gasteiger partial charge in [-0.05, 0) is 24.6 Å². The SMILES string of the molecule is CC(Nc1nc(CC(=O)O)cs1)c1cccc(F)c1. The van der Waals surface area contributed by atoms with Gasteiger partial charge in [0.25, 0.3) is 0 Å². The van der Waals surface area contributed by atoms with Gasteiger partial charge in [0.1, 0.15) is 5.82 Å². The van der Waals surface area contributed by atoms with Crippen LogP contribution in [-0.2, 0) is 11.2 Å². The number of aliphatic carboxylic acids is 1. The van der Waals surface area contributed by atoms with Gasteiger partial charge in [0.05, 0.1) is 18.2 Å². The smallest absolute Gasteiger partial charge is 0.309 e. The van der Waals surface area contributed by atoms with Gasteiger partial charge in [0.15, 0.2) is 5.13 Å². The van der Waals surface area contributed by atoms with Crippen LogP contribution >= 0.6 is 11.3 Å². The molecule has 0 spiro atoms. The standard InChI is InChI=1S/C13H13FN2O2S/c1-8(9-3-2-4-10(14)5-9)15-13-16-11(7-19-13)6-12(17)18/h2-5,7-8H,6H2,1H3,(H,15,16)(H,17,18). The van der Waals surface area contributed by atoms with Crippen molar-refractivity contribution in [2.75, 3.05) is 5.32 Å². The molecule has 0 aliphatic rings. The molecule has 0 bridgehead atoms. The Kier molecular flexibility index (Phi) is 4.11. The molecule has 1 unspecified atom stereocenters. The van der Waals surface area contributed by atoms with Crippen molar-refractivity contribution >= 4 is 22.4 Å². The number of carboxylic acid groups (broad SMARTS) is 1. The molecule has 0 saturated heterocycles. The molecule has 0 saturated carbocycles. The van der Waals surface area contributed by atoms with Crippen LogP contribution in [-0.4, -0.2) is 16.1 Å². The zero-order valence-electron chi connectivity index (χ0n) is 10.3. The lowest BCUT2D eigenvalue weighted by atomic mass is 10.1. The quantitative estimate of drug-likeness (QED) is 0.883. The van der Waals surface area contributed by atoms with E-state index in [-0.39, 0.29) is 18.3 Å². The lowest BCUT2D eigenvalue weighted by molar-refractivity contribution is -0.136. The van der Waals surface area contributed by atoms with Crippen molar-refractivity contribution < 1.29 is 14.3 Å². The fourth-order valence-electron chi connectivity index (χ4n) is 1.65. The Balaban J connectivity index is 2.04. The highest BCUT2D eigenvalue weighted by Crippen LogP contribution is 2.23. The summed E-state index contributed by atoms with van der Waals surface area (Å²) >= 11 is 1.34. The van der Waals surface area contributed by atoms with E-state index in [1.165, 1.54) is 23.5 Å². The summed E-state index contributed by atoms with van der Waals surface area (Å²) in [6.07, 6.45) is -0.0907. The highest BCUT2D eigenvalue weighted by atomic mass is 32.1. The van der Waals surface area contributed by atoms with Crippen molar-refractivity contribution in [3.05, 3.63) is 46.7 Å². The minimum Gasteiger partial charge on any atom is -0.481 e. The summed E-state index contributed by atoms with van der Waals surface area (Å²) in [5.41, 5.74) is 1.33. The van der Waals surface area contributed by atoms with Gasteiger partial charge >= 0.3 is 5.97 Å². The number of rotatable bonds is 5. The van der Waals surface area contributed by atoms with E-state index in [0.29, 0.717) is 10.8 Å². The Morgan fingerprint density at radius 1 is 1.58 bits per heavy atom. The summed E-state index contributed by atoms with van der Waals surface area (Å²) in [4.78, 5) is 14.7. The Hall–Kier alpha value is -1.95. The topological polar surface area (TPSA) is 62.2 Å². The molecule has 0 aliphatic carbocycles. The van der Waals surface area contributed by atoms with Gasteiger partial charge in [-0.1, -0.05) is 12.1 Å². The van der Waals surface area contributed by atoms with Crippen LogP contribution in [0.3, 0.4) is 0 Å². The van der Waals surface area contributed by atoms with Crippen molar-refractivity contribution in [1.82, 2.24) is 4.98 Å². The number of hydrogen-bond acceptors (Lipinski definition) is 4. The summed E-state index contributed by atoms with van der Waals surface area (Å²) in [6, 6.07) is 6.24. The van der Waals surface area contributed by atoms with Gasteiger partial charge in [-0.3, -0.25) is 4.79 Å². The van der Waals surface area contributed by atoms with Crippen molar-refractivity contribution in [2.24, 2.45) is 0 Å². The summed E-state index contributed by atoms with van der Waals surface area (Å²) < 4.78 is 13.1. The van der Waals surface area contributed by atoms with Gasteiger partial charge < -0.3 is 10.4 Å². The molecule has 1 aromatic carbocycles. The molecule has 1 atom stereocenters. The minimum absolute atomic E-state index is 0.0907. The monoisotopic (exact) mass is 280 g/mol. The molecule has 0 amide bonds. The van der Waals surface area contributed by atoms with Crippen LogP contribution < -0.4 is 5.32 Å². The average Bonchev–Trinajstić information content (AvgIpc) is 2.75. The predicted molar refractivity (Wildman–Crippen MR) is 71.9 cm³/mol. The maximum absolute atomic E-state index is 13.1. The van der Waals surface area contributed by atoms with E-state index in [1.54, 1.807) is 11.4 Å². The second-order valence-corrected chi connectivity index (χ2v) is 4.99. The van der Waals surface area contributed by atoms with Crippen LogP contribution in [0.4, 0.5) is 9.52 Å². The molecular formula is C13H13FN2O2S. The third-order valence-electron chi connectivity index (χ3n) is 2.57. The van der Waals surface area contributed by atoms with Crippen LogP contribution in [0.1, 0.15) is 24.2 Å².